The maximum absolute atomic E-state index is 9.15. The Labute approximate surface area is 62.6 Å². The number of β-amino-alcohol motifs (C(OH)–C–C–N with tert-alkyl or cyclic N) is 1. The quantitative estimate of drug-likeness (QED) is 0.598. The normalized spacial score (nSPS) is 33.6. The van der Waals surface area contributed by atoms with E-state index in [1.54, 1.807) is 0 Å². The Kier molecular flexibility index (Phi) is 2.69. The third-order valence-electron chi connectivity index (χ3n) is 1.95. The van der Waals surface area contributed by atoms with E-state index in [9.17, 15) is 0 Å². The molecule has 0 unspecified atom stereocenters. The molecule has 0 aromatic carbocycles. The van der Waals surface area contributed by atoms with Gasteiger partial charge in [0, 0.05) is 12.6 Å². The molecule has 0 aromatic rings. The maximum Gasteiger partial charge on any atom is 0.0679 e. The van der Waals surface area contributed by atoms with Crippen LogP contribution in [0.1, 0.15) is 26.7 Å². The van der Waals surface area contributed by atoms with Crippen molar-refractivity contribution >= 4 is 0 Å². The van der Waals surface area contributed by atoms with E-state index in [2.05, 4.69) is 19.2 Å². The van der Waals surface area contributed by atoms with Gasteiger partial charge in [0.15, 0.2) is 0 Å². The number of hydrogen-bond donors (Lipinski definition) is 2. The predicted octanol–water partition coefficient (Wildman–Crippen LogP) is 0.755. The van der Waals surface area contributed by atoms with Crippen molar-refractivity contribution in [2.24, 2.45) is 5.92 Å². The van der Waals surface area contributed by atoms with Gasteiger partial charge in [-0.2, -0.15) is 0 Å². The molecule has 2 atom stereocenters. The van der Waals surface area contributed by atoms with Gasteiger partial charge in [-0.3, -0.25) is 0 Å². The monoisotopic (exact) mass is 143 g/mol. The first-order valence-electron chi connectivity index (χ1n) is 4.10. The van der Waals surface area contributed by atoms with Gasteiger partial charge in [-0.15, -0.1) is 0 Å². The minimum Gasteiger partial charge on any atom is -0.392 e. The summed E-state index contributed by atoms with van der Waals surface area (Å²) >= 11 is 0. The molecule has 1 fully saturated rings. The van der Waals surface area contributed by atoms with Crippen molar-refractivity contribution < 1.29 is 5.11 Å². The van der Waals surface area contributed by atoms with Crippen molar-refractivity contribution in [3.8, 4) is 0 Å². The lowest BCUT2D eigenvalue weighted by atomic mass is 10.0. The van der Waals surface area contributed by atoms with Crippen LogP contribution in [0.25, 0.3) is 0 Å². The predicted molar refractivity (Wildman–Crippen MR) is 41.9 cm³/mol. The van der Waals surface area contributed by atoms with Gasteiger partial charge in [0.05, 0.1) is 6.10 Å². The zero-order valence-electron chi connectivity index (χ0n) is 6.80. The van der Waals surface area contributed by atoms with Gasteiger partial charge >= 0.3 is 0 Å². The molecule has 1 aliphatic rings. The molecular formula is C8H17NO. The van der Waals surface area contributed by atoms with Crippen LogP contribution in [0.5, 0.6) is 0 Å². The lowest BCUT2D eigenvalue weighted by Crippen LogP contribution is -2.22. The molecule has 1 aliphatic heterocycles. The average molecular weight is 143 g/mol. The highest BCUT2D eigenvalue weighted by molar-refractivity contribution is 4.81. The van der Waals surface area contributed by atoms with Crippen molar-refractivity contribution in [3.63, 3.8) is 0 Å². The molecule has 0 bridgehead atoms. The Bertz CT molecular complexity index is 103. The molecule has 0 aliphatic carbocycles. The van der Waals surface area contributed by atoms with E-state index < -0.39 is 0 Å². The molecule has 0 aromatic heterocycles. The summed E-state index contributed by atoms with van der Waals surface area (Å²) in [4.78, 5) is 0. The summed E-state index contributed by atoms with van der Waals surface area (Å²) in [6.07, 6.45) is 2.04. The molecule has 2 N–H and O–H groups in total. The van der Waals surface area contributed by atoms with Crippen LogP contribution < -0.4 is 5.32 Å². The molecule has 0 amide bonds. The molecule has 1 saturated heterocycles. The van der Waals surface area contributed by atoms with Gasteiger partial charge in [0.25, 0.3) is 0 Å². The number of aliphatic hydroxyl groups excluding tert-OH is 1. The second kappa shape index (κ2) is 3.35. The number of rotatable bonds is 2. The highest BCUT2D eigenvalue weighted by Gasteiger charge is 2.21. The van der Waals surface area contributed by atoms with E-state index in [0.29, 0.717) is 6.04 Å². The summed E-state index contributed by atoms with van der Waals surface area (Å²) < 4.78 is 0. The summed E-state index contributed by atoms with van der Waals surface area (Å²) in [6.45, 7) is 5.22. The van der Waals surface area contributed by atoms with Crippen molar-refractivity contribution in [1.29, 1.82) is 0 Å². The lowest BCUT2D eigenvalue weighted by Gasteiger charge is -2.11. The fourth-order valence-corrected chi connectivity index (χ4v) is 1.55. The SMILES string of the molecule is CC(C)C[C@@H]1C[C@H](O)CN1. The first-order chi connectivity index (χ1) is 4.68. The van der Waals surface area contributed by atoms with E-state index in [-0.39, 0.29) is 6.10 Å². The molecule has 1 heterocycles. The number of nitrogens with one attached hydrogen (secondary N) is 1. The molecule has 0 radical (unpaired) electrons. The van der Waals surface area contributed by atoms with Gasteiger partial charge in [-0.25, -0.2) is 0 Å². The van der Waals surface area contributed by atoms with E-state index in [4.69, 9.17) is 5.11 Å². The average Bonchev–Trinajstić information content (AvgIpc) is 2.13. The first-order valence-corrected chi connectivity index (χ1v) is 4.10. The molecule has 1 rings (SSSR count). The van der Waals surface area contributed by atoms with E-state index in [1.165, 1.54) is 6.42 Å². The molecule has 60 valence electrons. The Morgan fingerprint density at radius 2 is 2.30 bits per heavy atom. The highest BCUT2D eigenvalue weighted by Crippen LogP contribution is 2.14. The Balaban J connectivity index is 2.18. The fraction of sp³-hybridized carbons (Fsp3) is 1.00. The molecule has 0 saturated carbocycles. The molecule has 2 nitrogen and oxygen atoms in total. The minimum atomic E-state index is -0.0938. The highest BCUT2D eigenvalue weighted by atomic mass is 16.3. The van der Waals surface area contributed by atoms with Crippen LogP contribution in [0.3, 0.4) is 0 Å². The summed E-state index contributed by atoms with van der Waals surface area (Å²) in [6, 6.07) is 0.565. The third kappa shape index (κ3) is 2.27. The summed E-state index contributed by atoms with van der Waals surface area (Å²) in [5, 5.41) is 12.4. The fourth-order valence-electron chi connectivity index (χ4n) is 1.55. The van der Waals surface area contributed by atoms with Crippen molar-refractivity contribution in [1.82, 2.24) is 5.32 Å². The maximum atomic E-state index is 9.15. The first kappa shape index (κ1) is 8.02. The molecular weight excluding hydrogens is 126 g/mol. The topological polar surface area (TPSA) is 32.3 Å². The minimum absolute atomic E-state index is 0.0938. The van der Waals surface area contributed by atoms with Crippen LogP contribution in [0.15, 0.2) is 0 Å². The second-order valence-corrected chi connectivity index (χ2v) is 3.62. The summed E-state index contributed by atoms with van der Waals surface area (Å²) in [5.74, 6) is 0.739. The second-order valence-electron chi connectivity index (χ2n) is 3.62. The van der Waals surface area contributed by atoms with Gasteiger partial charge < -0.3 is 10.4 Å². The van der Waals surface area contributed by atoms with Gasteiger partial charge in [-0.05, 0) is 18.8 Å². The third-order valence-corrected chi connectivity index (χ3v) is 1.95. The summed E-state index contributed by atoms with van der Waals surface area (Å²) in [5.41, 5.74) is 0. The summed E-state index contributed by atoms with van der Waals surface area (Å²) in [7, 11) is 0. The molecule has 2 heteroatoms. The van der Waals surface area contributed by atoms with Crippen LogP contribution in [-0.4, -0.2) is 23.8 Å². The van der Waals surface area contributed by atoms with E-state index >= 15 is 0 Å². The largest absolute Gasteiger partial charge is 0.392 e. The van der Waals surface area contributed by atoms with Crippen LogP contribution in [-0.2, 0) is 0 Å². The Morgan fingerprint density at radius 3 is 2.70 bits per heavy atom. The van der Waals surface area contributed by atoms with Gasteiger partial charge in [0.1, 0.15) is 0 Å². The number of aliphatic hydroxyl groups is 1. The van der Waals surface area contributed by atoms with Gasteiger partial charge in [-0.1, -0.05) is 13.8 Å². The van der Waals surface area contributed by atoms with Crippen LogP contribution in [0, 0.1) is 5.92 Å². The zero-order valence-corrected chi connectivity index (χ0v) is 6.80. The van der Waals surface area contributed by atoms with Crippen molar-refractivity contribution in [2.75, 3.05) is 6.54 Å². The number of hydrogen-bond acceptors (Lipinski definition) is 2. The van der Waals surface area contributed by atoms with Gasteiger partial charge in [0.2, 0.25) is 0 Å². The van der Waals surface area contributed by atoms with Crippen LogP contribution in [0.4, 0.5) is 0 Å². The van der Waals surface area contributed by atoms with Crippen molar-refractivity contribution in [2.45, 2.75) is 38.8 Å². The molecule has 10 heavy (non-hydrogen) atoms. The van der Waals surface area contributed by atoms with Crippen LogP contribution >= 0.6 is 0 Å². The van der Waals surface area contributed by atoms with Crippen LogP contribution in [0.2, 0.25) is 0 Å². The Hall–Kier alpha value is -0.0800. The Morgan fingerprint density at radius 1 is 1.60 bits per heavy atom. The smallest absolute Gasteiger partial charge is 0.0679 e. The molecule has 0 spiro atoms. The van der Waals surface area contributed by atoms with E-state index in [1.807, 2.05) is 0 Å². The van der Waals surface area contributed by atoms with Crippen molar-refractivity contribution in [3.05, 3.63) is 0 Å². The standard InChI is InChI=1S/C8H17NO/c1-6(2)3-7-4-8(10)5-9-7/h6-10H,3-5H2,1-2H3/t7-,8+/m1/s1. The van der Waals surface area contributed by atoms with E-state index in [0.717, 1.165) is 18.9 Å². The lowest BCUT2D eigenvalue weighted by molar-refractivity contribution is 0.192. The zero-order chi connectivity index (χ0) is 7.56.